The number of carbonyl (C=O) groups is 2. The number of carboxylic acids is 2. The van der Waals surface area contributed by atoms with E-state index >= 15 is 0 Å². The smallest absolute Gasteiger partial charge is 0.328 e. The number of aromatic nitrogens is 3. The van der Waals surface area contributed by atoms with Crippen molar-refractivity contribution < 1.29 is 24.5 Å². The summed E-state index contributed by atoms with van der Waals surface area (Å²) in [5, 5.41) is 17.1. The molecule has 2 N–H and O–H groups in total. The summed E-state index contributed by atoms with van der Waals surface area (Å²) in [6.45, 7) is 7.82. The first kappa shape index (κ1) is 30.2. The number of hydrogen-bond donors (Lipinski definition) is 2. The van der Waals surface area contributed by atoms with Crippen LogP contribution in [0.1, 0.15) is 18.4 Å². The van der Waals surface area contributed by atoms with E-state index in [1.165, 1.54) is 5.69 Å². The summed E-state index contributed by atoms with van der Waals surface area (Å²) in [4.78, 5) is 46.1. The van der Waals surface area contributed by atoms with Crippen molar-refractivity contribution in [1.29, 1.82) is 0 Å². The topological polar surface area (TPSA) is 138 Å². The van der Waals surface area contributed by atoms with Crippen molar-refractivity contribution in [3.63, 3.8) is 0 Å². The van der Waals surface area contributed by atoms with Gasteiger partial charge in [-0.05, 0) is 50.1 Å². The summed E-state index contributed by atoms with van der Waals surface area (Å²) in [6, 6.07) is 14.3. The molecule has 1 aliphatic rings. The number of rotatable bonds is 9. The Balaban J connectivity index is 0.000000446. The van der Waals surface area contributed by atoms with Gasteiger partial charge in [0.15, 0.2) is 0 Å². The van der Waals surface area contributed by atoms with Crippen molar-refractivity contribution in [3.05, 3.63) is 83.1 Å². The SMILES string of the molecule is COc1ccccc1N1CCN(CCCCn2cnc3c(cnc4cc(C)ccc43)c2=O)CC1.O=C(O)/C=C/C(=O)O. The lowest BCUT2D eigenvalue weighted by atomic mass is 10.1. The largest absolute Gasteiger partial charge is 0.495 e. The fraction of sp³-hybridized carbons (Fsp3) is 0.323. The Hall–Kier alpha value is -4.77. The average molecular weight is 574 g/mol. The van der Waals surface area contributed by atoms with Gasteiger partial charge in [0, 0.05) is 56.5 Å². The lowest BCUT2D eigenvalue weighted by Gasteiger charge is -2.36. The number of fused-ring (bicyclic) bond motifs is 3. The minimum Gasteiger partial charge on any atom is -0.495 e. The Kier molecular flexibility index (Phi) is 10.2. The highest BCUT2D eigenvalue weighted by molar-refractivity contribution is 6.02. The van der Waals surface area contributed by atoms with E-state index in [4.69, 9.17) is 14.9 Å². The first-order valence-electron chi connectivity index (χ1n) is 13.8. The maximum absolute atomic E-state index is 13.0. The quantitative estimate of drug-likeness (QED) is 0.174. The fourth-order valence-electron chi connectivity index (χ4n) is 4.94. The third-order valence-corrected chi connectivity index (χ3v) is 7.10. The predicted molar refractivity (Wildman–Crippen MR) is 161 cm³/mol. The zero-order valence-corrected chi connectivity index (χ0v) is 23.8. The number of piperazine rings is 1. The highest BCUT2D eigenvalue weighted by Crippen LogP contribution is 2.28. The average Bonchev–Trinajstić information content (AvgIpc) is 2.99. The Morgan fingerprint density at radius 2 is 1.62 bits per heavy atom. The molecule has 1 saturated heterocycles. The van der Waals surface area contributed by atoms with Crippen molar-refractivity contribution in [1.82, 2.24) is 19.4 Å². The molecule has 220 valence electrons. The number of benzene rings is 2. The molecule has 42 heavy (non-hydrogen) atoms. The molecule has 11 heteroatoms. The zero-order valence-electron chi connectivity index (χ0n) is 23.8. The van der Waals surface area contributed by atoms with E-state index in [1.807, 2.05) is 37.3 Å². The first-order chi connectivity index (χ1) is 20.3. The third kappa shape index (κ3) is 7.70. The number of nitrogens with zero attached hydrogens (tertiary/aromatic N) is 5. The number of ether oxygens (including phenoxy) is 1. The van der Waals surface area contributed by atoms with E-state index in [-0.39, 0.29) is 5.56 Å². The van der Waals surface area contributed by atoms with Crippen LogP contribution < -0.4 is 15.2 Å². The number of methoxy groups -OCH3 is 1. The minimum atomic E-state index is -1.26. The number of hydrogen-bond acceptors (Lipinski definition) is 8. The second kappa shape index (κ2) is 14.2. The van der Waals surface area contributed by atoms with Gasteiger partial charge in [0.25, 0.3) is 5.56 Å². The second-order valence-corrected chi connectivity index (χ2v) is 10.0. The third-order valence-electron chi connectivity index (χ3n) is 7.10. The molecular weight excluding hydrogens is 538 g/mol. The maximum atomic E-state index is 13.0. The van der Waals surface area contributed by atoms with Gasteiger partial charge < -0.3 is 19.8 Å². The summed E-state index contributed by atoms with van der Waals surface area (Å²) < 4.78 is 7.24. The number of unbranched alkanes of at least 4 members (excludes halogenated alkanes) is 1. The van der Waals surface area contributed by atoms with Gasteiger partial charge in [-0.3, -0.25) is 19.2 Å². The Labute approximate surface area is 243 Å². The molecule has 1 fully saturated rings. The van der Waals surface area contributed by atoms with E-state index < -0.39 is 11.9 Å². The van der Waals surface area contributed by atoms with Gasteiger partial charge in [-0.2, -0.15) is 0 Å². The first-order valence-corrected chi connectivity index (χ1v) is 13.8. The number of aryl methyl sites for hydroxylation is 2. The summed E-state index contributed by atoms with van der Waals surface area (Å²) in [5.74, 6) is -1.58. The van der Waals surface area contributed by atoms with Gasteiger partial charge in [-0.25, -0.2) is 14.6 Å². The van der Waals surface area contributed by atoms with Crippen LogP contribution in [-0.2, 0) is 16.1 Å². The molecule has 0 atom stereocenters. The lowest BCUT2D eigenvalue weighted by molar-refractivity contribution is -0.134. The standard InChI is InChI=1S/C27H31N5O2.C4H4O4/c1-20-9-10-21-23(17-20)28-18-22-26(21)29-19-32(27(22)33)12-6-5-11-30-13-15-31(16-14-30)24-7-3-4-8-25(24)34-2;5-3(6)1-2-4(7)8/h3-4,7-10,17-19H,5-6,11-16H2,1-2H3;1-2H,(H,5,6)(H,7,8)/b;2-1+. The molecule has 1 aliphatic heterocycles. The molecule has 11 nitrogen and oxygen atoms in total. The predicted octanol–water partition coefficient (Wildman–Crippen LogP) is 3.58. The molecule has 0 spiro atoms. The van der Waals surface area contributed by atoms with E-state index in [0.717, 1.165) is 73.3 Å². The molecule has 0 bridgehead atoms. The van der Waals surface area contributed by atoms with Crippen molar-refractivity contribution in [3.8, 4) is 5.75 Å². The lowest BCUT2D eigenvalue weighted by Crippen LogP contribution is -2.46. The van der Waals surface area contributed by atoms with Crippen LogP contribution in [0.5, 0.6) is 5.75 Å². The molecule has 3 heterocycles. The molecule has 5 rings (SSSR count). The molecular formula is C31H35N5O6. The Morgan fingerprint density at radius 1 is 0.929 bits per heavy atom. The molecule has 4 aromatic rings. The molecule has 0 radical (unpaired) electrons. The van der Waals surface area contributed by atoms with Gasteiger partial charge in [-0.1, -0.05) is 24.3 Å². The minimum absolute atomic E-state index is 0.00889. The summed E-state index contributed by atoms with van der Waals surface area (Å²) >= 11 is 0. The van der Waals surface area contributed by atoms with Crippen molar-refractivity contribution in [2.75, 3.05) is 44.7 Å². The zero-order chi connectivity index (χ0) is 30.1. The number of carboxylic acid groups (broad SMARTS) is 2. The van der Waals surface area contributed by atoms with Gasteiger partial charge >= 0.3 is 11.9 Å². The molecule has 0 aliphatic carbocycles. The molecule has 0 amide bonds. The molecule has 2 aromatic heterocycles. The van der Waals surface area contributed by atoms with Crippen LogP contribution >= 0.6 is 0 Å². The van der Waals surface area contributed by atoms with E-state index in [2.05, 4.69) is 31.9 Å². The monoisotopic (exact) mass is 573 g/mol. The second-order valence-electron chi connectivity index (χ2n) is 10.0. The van der Waals surface area contributed by atoms with Crippen LogP contribution in [0, 0.1) is 6.92 Å². The molecule has 0 unspecified atom stereocenters. The number of aliphatic carboxylic acids is 2. The fourth-order valence-corrected chi connectivity index (χ4v) is 4.94. The highest BCUT2D eigenvalue weighted by atomic mass is 16.5. The van der Waals surface area contributed by atoms with Crippen molar-refractivity contribution in [2.45, 2.75) is 26.3 Å². The van der Waals surface area contributed by atoms with Gasteiger partial charge in [0.1, 0.15) is 5.75 Å². The summed E-state index contributed by atoms with van der Waals surface area (Å²) in [6.07, 6.45) is 6.47. The van der Waals surface area contributed by atoms with Crippen LogP contribution in [0.4, 0.5) is 5.69 Å². The van der Waals surface area contributed by atoms with Gasteiger partial charge in [0.05, 0.1) is 35.5 Å². The number of para-hydroxylation sites is 2. The van der Waals surface area contributed by atoms with Gasteiger partial charge in [0.2, 0.25) is 0 Å². The van der Waals surface area contributed by atoms with Gasteiger partial charge in [-0.15, -0.1) is 0 Å². The molecule has 0 saturated carbocycles. The van der Waals surface area contributed by atoms with Crippen LogP contribution in [0.2, 0.25) is 0 Å². The van der Waals surface area contributed by atoms with Crippen molar-refractivity contribution >= 4 is 39.4 Å². The highest BCUT2D eigenvalue weighted by Gasteiger charge is 2.19. The molecule has 2 aromatic carbocycles. The maximum Gasteiger partial charge on any atom is 0.328 e. The van der Waals surface area contributed by atoms with Crippen molar-refractivity contribution in [2.24, 2.45) is 0 Å². The number of anilines is 1. The van der Waals surface area contributed by atoms with Crippen LogP contribution in [0.25, 0.3) is 21.8 Å². The summed E-state index contributed by atoms with van der Waals surface area (Å²) in [7, 11) is 1.73. The number of pyridine rings is 1. The van der Waals surface area contributed by atoms with E-state index in [0.29, 0.717) is 24.1 Å². The Morgan fingerprint density at radius 3 is 2.31 bits per heavy atom. The van der Waals surface area contributed by atoms with E-state index in [1.54, 1.807) is 24.2 Å². The van der Waals surface area contributed by atoms with Crippen LogP contribution in [-0.4, -0.2) is 81.4 Å². The van der Waals surface area contributed by atoms with Crippen LogP contribution in [0.15, 0.2) is 71.9 Å². The normalized spacial score (nSPS) is 13.7. The van der Waals surface area contributed by atoms with E-state index in [9.17, 15) is 14.4 Å². The Bertz CT molecular complexity index is 1630. The summed E-state index contributed by atoms with van der Waals surface area (Å²) in [5.41, 5.74) is 3.92. The van der Waals surface area contributed by atoms with Crippen LogP contribution in [0.3, 0.4) is 0 Å².